The van der Waals surface area contributed by atoms with Crippen LogP contribution in [0.3, 0.4) is 0 Å². The highest BCUT2D eigenvalue weighted by atomic mass is 14.9. The molecule has 1 N–H and O–H groups in total. The van der Waals surface area contributed by atoms with Gasteiger partial charge in [0.1, 0.15) is 0 Å². The van der Waals surface area contributed by atoms with Crippen LogP contribution in [0.1, 0.15) is 46.0 Å². The van der Waals surface area contributed by atoms with Crippen LogP contribution in [0.25, 0.3) is 0 Å². The first-order valence-corrected chi connectivity index (χ1v) is 5.57. The molecule has 0 unspecified atom stereocenters. The summed E-state index contributed by atoms with van der Waals surface area (Å²) in [4.78, 5) is 0. The van der Waals surface area contributed by atoms with Crippen molar-refractivity contribution in [2.24, 2.45) is 11.8 Å². The third-order valence-electron chi connectivity index (χ3n) is 2.89. The minimum Gasteiger partial charge on any atom is -0.316 e. The minimum atomic E-state index is 1.01. The van der Waals surface area contributed by atoms with Crippen molar-refractivity contribution in [3.63, 3.8) is 0 Å². The Morgan fingerprint density at radius 3 is 2.42 bits per heavy atom. The van der Waals surface area contributed by atoms with Gasteiger partial charge in [0.05, 0.1) is 0 Å². The Kier molecular flexibility index (Phi) is 4.67. The molecule has 1 aliphatic carbocycles. The molecule has 0 aromatic heterocycles. The lowest BCUT2D eigenvalue weighted by molar-refractivity contribution is 0.177. The molecule has 1 saturated carbocycles. The molecule has 0 bridgehead atoms. The van der Waals surface area contributed by atoms with Gasteiger partial charge in [0.25, 0.3) is 0 Å². The first kappa shape index (κ1) is 10.0. The van der Waals surface area contributed by atoms with Crippen molar-refractivity contribution >= 4 is 0 Å². The molecule has 72 valence electrons. The van der Waals surface area contributed by atoms with Crippen LogP contribution in [-0.4, -0.2) is 13.1 Å². The van der Waals surface area contributed by atoms with Gasteiger partial charge in [-0.1, -0.05) is 26.7 Å². The summed E-state index contributed by atoms with van der Waals surface area (Å²) in [7, 11) is 0. The van der Waals surface area contributed by atoms with Gasteiger partial charge < -0.3 is 5.32 Å². The SMILES string of the molecule is CCCNCC1CC(CCC)C1. The second-order valence-corrected chi connectivity index (χ2v) is 4.20. The van der Waals surface area contributed by atoms with Crippen molar-refractivity contribution in [2.75, 3.05) is 13.1 Å². The maximum absolute atomic E-state index is 3.50. The molecule has 1 rings (SSSR count). The first-order valence-electron chi connectivity index (χ1n) is 5.57. The smallest absolute Gasteiger partial charge is 0.00203 e. The Hall–Kier alpha value is -0.0400. The molecule has 12 heavy (non-hydrogen) atoms. The predicted molar refractivity (Wildman–Crippen MR) is 54.3 cm³/mol. The standard InChI is InChI=1S/C11H23N/c1-3-5-10-7-11(8-10)9-12-6-4-2/h10-12H,3-9H2,1-2H3. The van der Waals surface area contributed by atoms with Crippen LogP contribution in [0.2, 0.25) is 0 Å². The van der Waals surface area contributed by atoms with Crippen molar-refractivity contribution in [2.45, 2.75) is 46.0 Å². The zero-order valence-corrected chi connectivity index (χ0v) is 8.60. The Labute approximate surface area is 76.9 Å². The first-order chi connectivity index (χ1) is 5.86. The highest BCUT2D eigenvalue weighted by Gasteiger charge is 2.27. The quantitative estimate of drug-likeness (QED) is 0.603. The van der Waals surface area contributed by atoms with Gasteiger partial charge in [-0.05, 0) is 44.2 Å². The molecule has 0 aromatic rings. The molecule has 0 aromatic carbocycles. The van der Waals surface area contributed by atoms with Gasteiger partial charge in [-0.15, -0.1) is 0 Å². The molecule has 0 spiro atoms. The van der Waals surface area contributed by atoms with E-state index in [9.17, 15) is 0 Å². The summed E-state index contributed by atoms with van der Waals surface area (Å²) < 4.78 is 0. The fourth-order valence-corrected chi connectivity index (χ4v) is 2.17. The monoisotopic (exact) mass is 169 g/mol. The van der Waals surface area contributed by atoms with E-state index >= 15 is 0 Å². The van der Waals surface area contributed by atoms with Crippen LogP contribution < -0.4 is 5.32 Å². The van der Waals surface area contributed by atoms with Gasteiger partial charge in [-0.3, -0.25) is 0 Å². The van der Waals surface area contributed by atoms with Crippen molar-refractivity contribution < 1.29 is 0 Å². The largest absolute Gasteiger partial charge is 0.316 e. The maximum Gasteiger partial charge on any atom is -0.00203 e. The Bertz CT molecular complexity index is 103. The van der Waals surface area contributed by atoms with Crippen molar-refractivity contribution in [1.29, 1.82) is 0 Å². The van der Waals surface area contributed by atoms with Gasteiger partial charge in [-0.2, -0.15) is 0 Å². The Morgan fingerprint density at radius 1 is 1.08 bits per heavy atom. The topological polar surface area (TPSA) is 12.0 Å². The highest BCUT2D eigenvalue weighted by Crippen LogP contribution is 2.36. The van der Waals surface area contributed by atoms with Crippen LogP contribution in [0.15, 0.2) is 0 Å². The lowest BCUT2D eigenvalue weighted by atomic mass is 9.73. The van der Waals surface area contributed by atoms with Gasteiger partial charge in [-0.25, -0.2) is 0 Å². The lowest BCUT2D eigenvalue weighted by Crippen LogP contribution is -2.33. The van der Waals surface area contributed by atoms with Gasteiger partial charge in [0.2, 0.25) is 0 Å². The zero-order valence-electron chi connectivity index (χ0n) is 8.60. The van der Waals surface area contributed by atoms with E-state index in [1.807, 2.05) is 0 Å². The molecular formula is C11H23N. The maximum atomic E-state index is 3.50. The average Bonchev–Trinajstić information content (AvgIpc) is 2.00. The Balaban J connectivity index is 1.88. The Morgan fingerprint density at radius 2 is 1.83 bits per heavy atom. The van der Waals surface area contributed by atoms with Gasteiger partial charge >= 0.3 is 0 Å². The third-order valence-corrected chi connectivity index (χ3v) is 2.89. The van der Waals surface area contributed by atoms with E-state index in [2.05, 4.69) is 19.2 Å². The fraction of sp³-hybridized carbons (Fsp3) is 1.00. The second kappa shape index (κ2) is 5.58. The molecule has 0 amide bonds. The second-order valence-electron chi connectivity index (χ2n) is 4.20. The minimum absolute atomic E-state index is 1.01. The highest BCUT2D eigenvalue weighted by molar-refractivity contribution is 4.80. The van der Waals surface area contributed by atoms with Crippen molar-refractivity contribution in [3.8, 4) is 0 Å². The van der Waals surface area contributed by atoms with Crippen LogP contribution in [-0.2, 0) is 0 Å². The van der Waals surface area contributed by atoms with Crippen molar-refractivity contribution in [1.82, 2.24) is 5.32 Å². The number of hydrogen-bond donors (Lipinski definition) is 1. The zero-order chi connectivity index (χ0) is 8.81. The third kappa shape index (κ3) is 3.14. The van der Waals surface area contributed by atoms with Crippen LogP contribution in [0, 0.1) is 11.8 Å². The van der Waals surface area contributed by atoms with Crippen molar-refractivity contribution in [3.05, 3.63) is 0 Å². The molecule has 0 atom stereocenters. The fourth-order valence-electron chi connectivity index (χ4n) is 2.17. The molecular weight excluding hydrogens is 146 g/mol. The molecule has 0 radical (unpaired) electrons. The summed E-state index contributed by atoms with van der Waals surface area (Å²) in [5.41, 5.74) is 0. The van der Waals surface area contributed by atoms with Gasteiger partial charge in [0.15, 0.2) is 0 Å². The summed E-state index contributed by atoms with van der Waals surface area (Å²) >= 11 is 0. The van der Waals surface area contributed by atoms with E-state index < -0.39 is 0 Å². The molecule has 1 heteroatoms. The summed E-state index contributed by atoms with van der Waals surface area (Å²) in [6.07, 6.45) is 7.09. The molecule has 0 aliphatic heterocycles. The number of nitrogens with one attached hydrogen (secondary N) is 1. The predicted octanol–water partition coefficient (Wildman–Crippen LogP) is 2.81. The summed E-state index contributed by atoms with van der Waals surface area (Å²) in [5, 5.41) is 3.50. The van der Waals surface area contributed by atoms with E-state index in [4.69, 9.17) is 0 Å². The number of hydrogen-bond acceptors (Lipinski definition) is 1. The van der Waals surface area contributed by atoms with Crippen LogP contribution in [0.4, 0.5) is 0 Å². The van der Waals surface area contributed by atoms with E-state index in [0.29, 0.717) is 0 Å². The van der Waals surface area contributed by atoms with E-state index in [1.54, 1.807) is 0 Å². The summed E-state index contributed by atoms with van der Waals surface area (Å²) in [6, 6.07) is 0. The molecule has 0 heterocycles. The van der Waals surface area contributed by atoms with Crippen LogP contribution in [0.5, 0.6) is 0 Å². The number of rotatable bonds is 6. The molecule has 1 fully saturated rings. The molecule has 1 aliphatic rings. The average molecular weight is 169 g/mol. The van der Waals surface area contributed by atoms with E-state index in [-0.39, 0.29) is 0 Å². The normalized spacial score (nSPS) is 28.5. The lowest BCUT2D eigenvalue weighted by Gasteiger charge is -2.35. The molecule has 1 nitrogen and oxygen atoms in total. The van der Waals surface area contributed by atoms with Gasteiger partial charge in [0, 0.05) is 0 Å². The summed E-state index contributed by atoms with van der Waals surface area (Å²) in [5.74, 6) is 2.08. The van der Waals surface area contributed by atoms with Crippen LogP contribution >= 0.6 is 0 Å². The summed E-state index contributed by atoms with van der Waals surface area (Å²) in [6.45, 7) is 7.00. The molecule has 0 saturated heterocycles. The van der Waals surface area contributed by atoms with E-state index in [1.165, 1.54) is 45.2 Å². The van der Waals surface area contributed by atoms with E-state index in [0.717, 1.165) is 11.8 Å².